The number of carbonyl (C=O) groups excluding carboxylic acids is 1. The molecule has 8 nitrogen and oxygen atoms in total. The summed E-state index contributed by atoms with van der Waals surface area (Å²) in [6.07, 6.45) is 0.662. The normalized spacial score (nSPS) is 18.1. The van der Waals surface area contributed by atoms with Gasteiger partial charge in [0, 0.05) is 32.8 Å². The van der Waals surface area contributed by atoms with Crippen LogP contribution in [0.25, 0.3) is 0 Å². The molecule has 2 aliphatic rings. The van der Waals surface area contributed by atoms with E-state index in [1.54, 1.807) is 12.0 Å². The van der Waals surface area contributed by atoms with Gasteiger partial charge in [0.15, 0.2) is 5.96 Å². The zero-order valence-electron chi connectivity index (χ0n) is 18.9. The van der Waals surface area contributed by atoms with Crippen molar-refractivity contribution in [2.75, 3.05) is 46.4 Å². The molecule has 1 N–H and O–H groups in total. The van der Waals surface area contributed by atoms with Crippen LogP contribution in [0.1, 0.15) is 32.8 Å². The molecule has 0 aromatic heterocycles. The topological polar surface area (TPSA) is 75.6 Å². The maximum absolute atomic E-state index is 12.3. The van der Waals surface area contributed by atoms with Crippen molar-refractivity contribution in [1.29, 1.82) is 0 Å². The Bertz CT molecular complexity index is 736. The Morgan fingerprint density at radius 2 is 1.97 bits per heavy atom. The summed E-state index contributed by atoms with van der Waals surface area (Å²) >= 11 is 0. The average molecular weight is 546 g/mol. The van der Waals surface area contributed by atoms with Gasteiger partial charge < -0.3 is 29.3 Å². The second kappa shape index (κ2) is 11.8. The molecule has 1 unspecified atom stereocenters. The molecule has 1 aromatic rings. The van der Waals surface area contributed by atoms with Gasteiger partial charge in [0.2, 0.25) is 0 Å². The molecule has 174 valence electrons. The van der Waals surface area contributed by atoms with Crippen molar-refractivity contribution < 1.29 is 19.0 Å². The van der Waals surface area contributed by atoms with Crippen LogP contribution >= 0.6 is 24.0 Å². The van der Waals surface area contributed by atoms with E-state index in [0.29, 0.717) is 32.8 Å². The van der Waals surface area contributed by atoms with Gasteiger partial charge in [0.05, 0.1) is 26.3 Å². The summed E-state index contributed by atoms with van der Waals surface area (Å²) in [6.45, 7) is 10.5. The van der Waals surface area contributed by atoms with E-state index < -0.39 is 5.60 Å². The third kappa shape index (κ3) is 7.71. The number of piperazine rings is 1. The molecule has 2 aliphatic heterocycles. The highest BCUT2D eigenvalue weighted by atomic mass is 127. The van der Waals surface area contributed by atoms with Crippen LogP contribution in [0.5, 0.6) is 5.75 Å². The lowest BCUT2D eigenvalue weighted by Gasteiger charge is -2.39. The van der Waals surface area contributed by atoms with Crippen LogP contribution in [0.15, 0.2) is 29.3 Å². The molecule has 1 atom stereocenters. The number of carbonyl (C=O) groups is 1. The Morgan fingerprint density at radius 1 is 1.23 bits per heavy atom. The number of guanidine groups is 1. The zero-order valence-corrected chi connectivity index (χ0v) is 21.3. The molecule has 0 saturated carbocycles. The third-order valence-electron chi connectivity index (χ3n) is 5.03. The molecular formula is C22H35IN4O4. The van der Waals surface area contributed by atoms with Crippen LogP contribution in [0.4, 0.5) is 4.79 Å². The molecule has 0 aliphatic carbocycles. The minimum atomic E-state index is -0.470. The summed E-state index contributed by atoms with van der Waals surface area (Å²) in [6, 6.07) is 8.14. The number of aliphatic imine (C=N–C) groups is 1. The van der Waals surface area contributed by atoms with Gasteiger partial charge in [-0.05, 0) is 44.9 Å². The quantitative estimate of drug-likeness (QED) is 0.419. The first kappa shape index (κ1) is 25.5. The minimum absolute atomic E-state index is 0. The number of nitrogens with zero attached hydrogens (tertiary/aromatic N) is 3. The van der Waals surface area contributed by atoms with Crippen molar-refractivity contribution in [3.63, 3.8) is 0 Å². The maximum atomic E-state index is 12.3. The zero-order chi connectivity index (χ0) is 21.6. The van der Waals surface area contributed by atoms with Crippen molar-refractivity contribution in [1.82, 2.24) is 15.1 Å². The molecule has 1 saturated heterocycles. The van der Waals surface area contributed by atoms with E-state index in [2.05, 4.69) is 15.2 Å². The summed E-state index contributed by atoms with van der Waals surface area (Å²) in [5, 5.41) is 3.42. The molecular weight excluding hydrogens is 511 g/mol. The maximum Gasteiger partial charge on any atom is 0.410 e. The number of benzene rings is 1. The number of hydrogen-bond donors (Lipinski definition) is 1. The first-order valence-corrected chi connectivity index (χ1v) is 10.6. The van der Waals surface area contributed by atoms with E-state index in [4.69, 9.17) is 14.2 Å². The molecule has 31 heavy (non-hydrogen) atoms. The largest absolute Gasteiger partial charge is 0.497 e. The van der Waals surface area contributed by atoms with Crippen LogP contribution in [0.3, 0.4) is 0 Å². The summed E-state index contributed by atoms with van der Waals surface area (Å²) in [5.41, 5.74) is 0.664. The van der Waals surface area contributed by atoms with Crippen LogP contribution in [0.2, 0.25) is 0 Å². The van der Waals surface area contributed by atoms with Gasteiger partial charge in [-0.25, -0.2) is 4.79 Å². The second-order valence-electron chi connectivity index (χ2n) is 8.62. The van der Waals surface area contributed by atoms with Crippen molar-refractivity contribution in [2.24, 2.45) is 4.99 Å². The van der Waals surface area contributed by atoms with Crippen LogP contribution in [-0.2, 0) is 16.1 Å². The van der Waals surface area contributed by atoms with Gasteiger partial charge in [0.1, 0.15) is 11.4 Å². The van der Waals surface area contributed by atoms with E-state index in [0.717, 1.165) is 36.8 Å². The Morgan fingerprint density at radius 3 is 2.65 bits per heavy atom. The van der Waals surface area contributed by atoms with Crippen molar-refractivity contribution >= 4 is 36.0 Å². The third-order valence-corrected chi connectivity index (χ3v) is 5.03. The molecule has 1 amide bonds. The number of rotatable bonds is 7. The molecule has 1 aromatic carbocycles. The molecule has 0 spiro atoms. The summed E-state index contributed by atoms with van der Waals surface area (Å²) in [4.78, 5) is 21.0. The number of methoxy groups -OCH3 is 1. The van der Waals surface area contributed by atoms with E-state index in [-0.39, 0.29) is 36.1 Å². The summed E-state index contributed by atoms with van der Waals surface area (Å²) in [5.74, 6) is 1.78. The van der Waals surface area contributed by atoms with Gasteiger partial charge in [0.25, 0.3) is 0 Å². The molecule has 9 heteroatoms. The number of hydrogen-bond acceptors (Lipinski definition) is 7. The highest BCUT2D eigenvalue weighted by molar-refractivity contribution is 14.0. The van der Waals surface area contributed by atoms with Crippen molar-refractivity contribution in [3.8, 4) is 5.75 Å². The molecule has 0 bridgehead atoms. The first-order chi connectivity index (χ1) is 14.4. The van der Waals surface area contributed by atoms with Crippen LogP contribution < -0.4 is 10.1 Å². The Hall–Kier alpha value is -1.75. The van der Waals surface area contributed by atoms with Crippen molar-refractivity contribution in [3.05, 3.63) is 29.8 Å². The summed E-state index contributed by atoms with van der Waals surface area (Å²) < 4.78 is 16.4. The number of halogens is 1. The fraction of sp³-hybridized carbons (Fsp3) is 0.636. The van der Waals surface area contributed by atoms with E-state index in [9.17, 15) is 4.79 Å². The van der Waals surface area contributed by atoms with Crippen LogP contribution in [0, 0.1) is 0 Å². The number of nitrogens with one attached hydrogen (secondary N) is 1. The van der Waals surface area contributed by atoms with E-state index in [1.807, 2.05) is 45.0 Å². The number of amides is 1. The Balaban J connectivity index is 0.00000341. The van der Waals surface area contributed by atoms with Crippen LogP contribution in [-0.4, -0.2) is 79.9 Å². The second-order valence-corrected chi connectivity index (χ2v) is 8.62. The molecule has 2 heterocycles. The smallest absolute Gasteiger partial charge is 0.410 e. The standard InChI is InChI=1S/C22H34N4O4.HI/c1-22(2,3)30-21(27)25-11-12-26-18(15-25)14-24-20(26)23-10-5-13-29-16-17-6-8-19(28-4)9-7-17;/h6-9,18H,5,10-16H2,1-4H3,(H,23,24);1H. The molecule has 3 rings (SSSR count). The van der Waals surface area contributed by atoms with E-state index >= 15 is 0 Å². The summed E-state index contributed by atoms with van der Waals surface area (Å²) in [7, 11) is 1.66. The average Bonchev–Trinajstić information content (AvgIpc) is 3.12. The SMILES string of the molecule is COc1ccc(COCCCNC2=NCC3CN(C(=O)OC(C)(C)C)CCN23)cc1.I. The lowest BCUT2D eigenvalue weighted by Crippen LogP contribution is -2.57. The van der Waals surface area contributed by atoms with Gasteiger partial charge in [-0.1, -0.05) is 12.1 Å². The lowest BCUT2D eigenvalue weighted by molar-refractivity contribution is 0.0137. The first-order valence-electron chi connectivity index (χ1n) is 10.6. The lowest BCUT2D eigenvalue weighted by atomic mass is 10.2. The minimum Gasteiger partial charge on any atom is -0.497 e. The highest BCUT2D eigenvalue weighted by Gasteiger charge is 2.36. The Labute approximate surface area is 202 Å². The van der Waals surface area contributed by atoms with Crippen molar-refractivity contribution in [2.45, 2.75) is 45.4 Å². The fourth-order valence-corrected chi connectivity index (χ4v) is 3.51. The monoisotopic (exact) mass is 546 g/mol. The Kier molecular flexibility index (Phi) is 9.67. The number of fused-ring (bicyclic) bond motifs is 1. The predicted octanol–water partition coefficient (Wildman–Crippen LogP) is 3.10. The van der Waals surface area contributed by atoms with Gasteiger partial charge >= 0.3 is 6.09 Å². The van der Waals surface area contributed by atoms with Gasteiger partial charge in [-0.3, -0.25) is 4.99 Å². The van der Waals surface area contributed by atoms with Gasteiger partial charge in [-0.2, -0.15) is 0 Å². The van der Waals surface area contributed by atoms with Gasteiger partial charge in [-0.15, -0.1) is 24.0 Å². The number of ether oxygens (including phenoxy) is 3. The predicted molar refractivity (Wildman–Crippen MR) is 131 cm³/mol. The molecule has 1 fully saturated rings. The molecule has 0 radical (unpaired) electrons. The fourth-order valence-electron chi connectivity index (χ4n) is 3.51. The van der Waals surface area contributed by atoms with E-state index in [1.165, 1.54) is 0 Å². The highest BCUT2D eigenvalue weighted by Crippen LogP contribution is 2.18.